The summed E-state index contributed by atoms with van der Waals surface area (Å²) in [6.45, 7) is 2.88. The second-order valence-corrected chi connectivity index (χ2v) is 11.5. The molecule has 6 rings (SSSR count). The van der Waals surface area contributed by atoms with Gasteiger partial charge in [-0.2, -0.15) is 10.4 Å². The first kappa shape index (κ1) is 28.0. The largest absolute Gasteiger partial charge is 0.497 e. The summed E-state index contributed by atoms with van der Waals surface area (Å²) >= 11 is 6.32. The molecule has 0 amide bonds. The van der Waals surface area contributed by atoms with Gasteiger partial charge in [-0.1, -0.05) is 17.7 Å². The van der Waals surface area contributed by atoms with Crippen LogP contribution in [0.2, 0.25) is 5.02 Å². The third kappa shape index (κ3) is 5.40. The molecule has 0 unspecified atom stereocenters. The van der Waals surface area contributed by atoms with Crippen LogP contribution < -0.4 is 15.8 Å². The first-order valence-corrected chi connectivity index (χ1v) is 14.6. The molecule has 2 aliphatic heterocycles. The number of nitrogens with two attached hydrogens (primary N) is 1. The van der Waals surface area contributed by atoms with Crippen LogP contribution in [0.5, 0.6) is 5.75 Å². The number of anilines is 1. The molecule has 4 heterocycles. The lowest BCUT2D eigenvalue weighted by Gasteiger charge is -2.39. The number of nitrogens with zero attached hydrogens (tertiary/aromatic N) is 5. The Balaban J connectivity index is 1.41. The van der Waals surface area contributed by atoms with E-state index in [4.69, 9.17) is 27.3 Å². The van der Waals surface area contributed by atoms with E-state index in [0.29, 0.717) is 29.1 Å². The number of methoxy groups -OCH3 is 1. The highest BCUT2D eigenvalue weighted by molar-refractivity contribution is 6.33. The number of aliphatic imine (C=N–C) groups is 1. The molecule has 2 saturated heterocycles. The molecule has 4 aromatic rings. The average molecular weight is 586 g/mol. The molecule has 0 aliphatic carbocycles. The molecule has 216 valence electrons. The van der Waals surface area contributed by atoms with Crippen molar-refractivity contribution in [1.29, 1.82) is 5.26 Å². The zero-order chi connectivity index (χ0) is 29.4. The summed E-state index contributed by atoms with van der Waals surface area (Å²) in [7, 11) is 1.66. The summed E-state index contributed by atoms with van der Waals surface area (Å²) in [6, 6.07) is 15.5. The summed E-state index contributed by atoms with van der Waals surface area (Å²) in [5.74, 6) is 0.555. The first-order valence-electron chi connectivity index (χ1n) is 14.2. The smallest absolute Gasteiger partial charge is 0.135 e. The van der Waals surface area contributed by atoms with Gasteiger partial charge in [0.25, 0.3) is 0 Å². The number of ether oxygens (including phenoxy) is 1. The molecule has 2 fully saturated rings. The zero-order valence-corrected chi connectivity index (χ0v) is 24.4. The maximum atomic E-state index is 14.0. The number of piperidine rings is 1. The van der Waals surface area contributed by atoms with E-state index >= 15 is 0 Å². The highest BCUT2D eigenvalue weighted by Crippen LogP contribution is 2.39. The molecular formula is C32H33ClFN7O. The second kappa shape index (κ2) is 11.6. The summed E-state index contributed by atoms with van der Waals surface area (Å²) in [5, 5.41) is 17.9. The minimum absolute atomic E-state index is 0.192. The van der Waals surface area contributed by atoms with Crippen molar-refractivity contribution in [2.24, 2.45) is 10.7 Å². The third-order valence-electron chi connectivity index (χ3n) is 8.52. The quantitative estimate of drug-likeness (QED) is 0.181. The summed E-state index contributed by atoms with van der Waals surface area (Å²) in [6.07, 6.45) is 8.46. The van der Waals surface area contributed by atoms with Crippen molar-refractivity contribution in [2.75, 3.05) is 19.0 Å². The molecule has 0 spiro atoms. The van der Waals surface area contributed by atoms with Gasteiger partial charge in [-0.25, -0.2) is 13.9 Å². The normalized spacial score (nSPS) is 20.5. The van der Waals surface area contributed by atoms with Gasteiger partial charge in [0.05, 0.1) is 46.9 Å². The van der Waals surface area contributed by atoms with E-state index in [1.807, 2.05) is 28.9 Å². The van der Waals surface area contributed by atoms with Crippen LogP contribution in [0, 0.1) is 24.1 Å². The van der Waals surface area contributed by atoms with Crippen molar-refractivity contribution >= 4 is 34.3 Å². The number of hydrogen-bond donors (Lipinski definition) is 2. The number of amidine groups is 1. The van der Waals surface area contributed by atoms with Crippen molar-refractivity contribution < 1.29 is 9.13 Å². The Morgan fingerprint density at radius 3 is 2.71 bits per heavy atom. The van der Waals surface area contributed by atoms with Crippen LogP contribution in [0.25, 0.3) is 16.6 Å². The topological polar surface area (TPSA) is 104 Å². The lowest BCUT2D eigenvalue weighted by Crippen LogP contribution is -2.47. The summed E-state index contributed by atoms with van der Waals surface area (Å²) in [5.41, 5.74) is 12.3. The summed E-state index contributed by atoms with van der Waals surface area (Å²) in [4.78, 5) is 7.02. The molecular weight excluding hydrogens is 553 g/mol. The SMILES string of the molecule is COc1ccc(-c2cc3c(N[C@@H]4C[C@H]5CC[C@@H](C4)N5CCC#N)c(/C(N)=N/c4cc(F)ccc4Cl)cnn3c2)c(C)c1. The lowest BCUT2D eigenvalue weighted by atomic mass is 9.96. The van der Waals surface area contributed by atoms with Gasteiger partial charge in [0, 0.05) is 48.9 Å². The van der Waals surface area contributed by atoms with E-state index in [1.54, 1.807) is 13.3 Å². The van der Waals surface area contributed by atoms with Crippen molar-refractivity contribution in [3.63, 3.8) is 0 Å². The van der Waals surface area contributed by atoms with E-state index in [2.05, 4.69) is 39.4 Å². The fraction of sp³-hybridized carbons (Fsp3) is 0.344. The molecule has 42 heavy (non-hydrogen) atoms. The molecule has 2 bridgehead atoms. The van der Waals surface area contributed by atoms with Gasteiger partial charge in [-0.15, -0.1) is 0 Å². The van der Waals surface area contributed by atoms with Gasteiger partial charge in [0.1, 0.15) is 17.4 Å². The Hall–Kier alpha value is -4.13. The first-order chi connectivity index (χ1) is 20.3. The van der Waals surface area contributed by atoms with Crippen LogP contribution in [0.3, 0.4) is 0 Å². The van der Waals surface area contributed by atoms with Gasteiger partial charge in [0.15, 0.2) is 0 Å². The van der Waals surface area contributed by atoms with E-state index in [1.165, 1.54) is 18.2 Å². The predicted octanol–water partition coefficient (Wildman–Crippen LogP) is 6.47. The van der Waals surface area contributed by atoms with Crippen LogP contribution in [0.1, 0.15) is 43.2 Å². The molecule has 3 atom stereocenters. The van der Waals surface area contributed by atoms with E-state index in [9.17, 15) is 4.39 Å². The minimum atomic E-state index is -0.442. The Labute approximate surface area is 249 Å². The van der Waals surface area contributed by atoms with E-state index < -0.39 is 5.82 Å². The number of rotatable bonds is 8. The number of aromatic nitrogens is 2. The molecule has 2 aliphatic rings. The molecule has 0 saturated carbocycles. The Kier molecular flexibility index (Phi) is 7.76. The van der Waals surface area contributed by atoms with Crippen LogP contribution in [-0.4, -0.2) is 52.1 Å². The van der Waals surface area contributed by atoms with Crippen LogP contribution in [0.15, 0.2) is 59.9 Å². The monoisotopic (exact) mass is 585 g/mol. The third-order valence-corrected chi connectivity index (χ3v) is 8.84. The van der Waals surface area contributed by atoms with Crippen LogP contribution in [-0.2, 0) is 0 Å². The molecule has 10 heteroatoms. The number of aryl methyl sites for hydroxylation is 1. The summed E-state index contributed by atoms with van der Waals surface area (Å²) < 4.78 is 21.3. The van der Waals surface area contributed by atoms with Crippen molar-refractivity contribution in [1.82, 2.24) is 14.5 Å². The zero-order valence-electron chi connectivity index (χ0n) is 23.6. The second-order valence-electron chi connectivity index (χ2n) is 11.1. The average Bonchev–Trinajstić information content (AvgIpc) is 3.51. The van der Waals surface area contributed by atoms with Gasteiger partial charge < -0.3 is 15.8 Å². The highest BCUT2D eigenvalue weighted by Gasteiger charge is 2.40. The van der Waals surface area contributed by atoms with Gasteiger partial charge >= 0.3 is 0 Å². The molecule has 0 radical (unpaired) electrons. The van der Waals surface area contributed by atoms with Gasteiger partial charge in [-0.3, -0.25) is 4.90 Å². The van der Waals surface area contributed by atoms with Crippen molar-refractivity contribution in [3.8, 4) is 22.9 Å². The van der Waals surface area contributed by atoms with Gasteiger partial charge in [0.2, 0.25) is 0 Å². The molecule has 2 aromatic heterocycles. The van der Waals surface area contributed by atoms with Crippen LogP contribution >= 0.6 is 11.6 Å². The lowest BCUT2D eigenvalue weighted by molar-refractivity contribution is 0.136. The fourth-order valence-electron chi connectivity index (χ4n) is 6.54. The number of nitrogens with one attached hydrogen (secondary N) is 1. The van der Waals surface area contributed by atoms with Crippen molar-refractivity contribution in [3.05, 3.63) is 76.8 Å². The fourth-order valence-corrected chi connectivity index (χ4v) is 6.70. The standard InChI is InChI=1S/C32H33ClFN7O/c1-19-12-25(42-2)7-8-26(19)20-13-30-31(38-22-15-23-5-6-24(16-22)40(23)11-3-10-35)27(17-37-41(30)18-20)32(36)39-29-14-21(34)4-9-28(29)33/h4,7-9,12-14,17-18,22-24,38H,3,5-6,11,15-16H2,1-2H3,(H2,36,39)/t22-,23-,24+. The minimum Gasteiger partial charge on any atom is -0.497 e. The van der Waals surface area contributed by atoms with E-state index in [0.717, 1.165) is 65.9 Å². The van der Waals surface area contributed by atoms with E-state index in [-0.39, 0.29) is 17.6 Å². The number of nitriles is 1. The predicted molar refractivity (Wildman–Crippen MR) is 164 cm³/mol. The maximum absolute atomic E-state index is 14.0. The number of benzene rings is 2. The maximum Gasteiger partial charge on any atom is 0.135 e. The Morgan fingerprint density at radius 2 is 2.00 bits per heavy atom. The molecule has 8 nitrogen and oxygen atoms in total. The number of halogens is 2. The molecule has 3 N–H and O–H groups in total. The van der Waals surface area contributed by atoms with Gasteiger partial charge in [-0.05, 0) is 74.1 Å². The molecule has 2 aromatic carbocycles. The number of fused-ring (bicyclic) bond motifs is 3. The van der Waals surface area contributed by atoms with Crippen LogP contribution in [0.4, 0.5) is 15.8 Å². The van der Waals surface area contributed by atoms with Crippen molar-refractivity contribution in [2.45, 2.75) is 57.2 Å². The Bertz CT molecular complexity index is 1700. The highest BCUT2D eigenvalue weighted by atomic mass is 35.5. The Morgan fingerprint density at radius 1 is 1.21 bits per heavy atom. The number of hydrogen-bond acceptors (Lipinski definition) is 6.